The molecule has 1 rings (SSSR count). The lowest BCUT2D eigenvalue weighted by atomic mass is 9.95. The maximum atomic E-state index is 10.5. The molecule has 0 aliphatic carbocycles. The van der Waals surface area contributed by atoms with Gasteiger partial charge in [-0.15, -0.1) is 0 Å². The number of halogens is 1. The number of ether oxygens (including phenoxy) is 1. The van der Waals surface area contributed by atoms with E-state index in [1.807, 2.05) is 6.92 Å². The molecule has 0 saturated carbocycles. The fraction of sp³-hybridized carbons (Fsp3) is 0.417. The molecule has 88 valence electrons. The minimum absolute atomic E-state index is 0.0559. The van der Waals surface area contributed by atoms with E-state index in [-0.39, 0.29) is 11.7 Å². The monoisotopic (exact) mass is 242 g/mol. The molecule has 0 bridgehead atoms. The zero-order valence-electron chi connectivity index (χ0n) is 9.58. The third-order valence-corrected chi connectivity index (χ3v) is 2.93. The largest absolute Gasteiger partial charge is 0.507 e. The van der Waals surface area contributed by atoms with Crippen molar-refractivity contribution in [3.8, 4) is 11.5 Å². The Labute approximate surface area is 100.0 Å². The summed E-state index contributed by atoms with van der Waals surface area (Å²) in [6.45, 7) is 3.60. The first-order valence-corrected chi connectivity index (χ1v) is 5.40. The fourth-order valence-electron chi connectivity index (χ4n) is 1.67. The minimum atomic E-state index is -0.0559. The number of aldehydes is 1. The van der Waals surface area contributed by atoms with Crippen molar-refractivity contribution in [2.45, 2.75) is 26.2 Å². The molecule has 1 atom stereocenters. The molecule has 0 radical (unpaired) electrons. The van der Waals surface area contributed by atoms with Gasteiger partial charge in [-0.25, -0.2) is 0 Å². The minimum Gasteiger partial charge on any atom is -0.507 e. The predicted molar refractivity (Wildman–Crippen MR) is 63.5 cm³/mol. The van der Waals surface area contributed by atoms with Gasteiger partial charge in [-0.3, -0.25) is 0 Å². The maximum Gasteiger partial charge on any atom is 0.144 e. The summed E-state index contributed by atoms with van der Waals surface area (Å²) >= 11 is 6.03. The van der Waals surface area contributed by atoms with Gasteiger partial charge in [-0.1, -0.05) is 18.5 Å². The van der Waals surface area contributed by atoms with Crippen LogP contribution < -0.4 is 4.74 Å². The van der Waals surface area contributed by atoms with Crippen LogP contribution >= 0.6 is 11.6 Å². The van der Waals surface area contributed by atoms with Crippen molar-refractivity contribution in [3.05, 3.63) is 22.2 Å². The van der Waals surface area contributed by atoms with Gasteiger partial charge >= 0.3 is 0 Å². The third-order valence-electron chi connectivity index (χ3n) is 2.65. The lowest BCUT2D eigenvalue weighted by Gasteiger charge is -2.16. The number of hydrogen-bond donors (Lipinski definition) is 1. The Hall–Kier alpha value is -1.22. The van der Waals surface area contributed by atoms with Crippen molar-refractivity contribution in [1.29, 1.82) is 0 Å². The normalized spacial score (nSPS) is 12.2. The number of carbonyl (C=O) groups is 1. The van der Waals surface area contributed by atoms with E-state index < -0.39 is 0 Å². The smallest absolute Gasteiger partial charge is 0.144 e. The van der Waals surface area contributed by atoms with Crippen molar-refractivity contribution in [2.75, 3.05) is 7.11 Å². The number of hydrogen-bond acceptors (Lipinski definition) is 3. The lowest BCUT2D eigenvalue weighted by Crippen LogP contribution is -1.98. The van der Waals surface area contributed by atoms with Crippen LogP contribution in [0.15, 0.2) is 6.07 Å². The van der Waals surface area contributed by atoms with Gasteiger partial charge in [-0.2, -0.15) is 0 Å². The molecule has 1 aromatic carbocycles. The van der Waals surface area contributed by atoms with Crippen LogP contribution in [0.25, 0.3) is 0 Å². The Morgan fingerprint density at radius 1 is 1.62 bits per heavy atom. The molecule has 0 saturated heterocycles. The highest BCUT2D eigenvalue weighted by molar-refractivity contribution is 6.32. The molecule has 0 aliphatic heterocycles. The lowest BCUT2D eigenvalue weighted by molar-refractivity contribution is -0.108. The second kappa shape index (κ2) is 5.21. The van der Waals surface area contributed by atoms with Crippen LogP contribution in [-0.2, 0) is 4.79 Å². The highest BCUT2D eigenvalue weighted by Gasteiger charge is 2.17. The summed E-state index contributed by atoms with van der Waals surface area (Å²) in [5.41, 5.74) is 1.28. The van der Waals surface area contributed by atoms with E-state index in [0.717, 1.165) is 6.29 Å². The number of benzene rings is 1. The summed E-state index contributed by atoms with van der Waals surface area (Å²) in [6.07, 6.45) is 1.19. The number of carbonyl (C=O) groups excluding carboxylic acids is 1. The number of phenolic OH excluding ortho intramolecular Hbond substituents is 1. The van der Waals surface area contributed by atoms with E-state index in [1.165, 1.54) is 7.11 Å². The fourth-order valence-corrected chi connectivity index (χ4v) is 2.01. The molecule has 4 heteroatoms. The molecular formula is C12H15ClO3. The van der Waals surface area contributed by atoms with Crippen LogP contribution in [0.5, 0.6) is 11.5 Å². The quantitative estimate of drug-likeness (QED) is 0.826. The summed E-state index contributed by atoms with van der Waals surface area (Å²) in [5.74, 6) is 0.566. The molecule has 0 aliphatic rings. The van der Waals surface area contributed by atoms with Gasteiger partial charge in [0.1, 0.15) is 17.8 Å². The molecule has 3 nitrogen and oxygen atoms in total. The second-order valence-corrected chi connectivity index (χ2v) is 4.17. The average Bonchev–Trinajstić information content (AvgIpc) is 2.24. The number of methoxy groups -OCH3 is 1. The van der Waals surface area contributed by atoms with Gasteiger partial charge in [0, 0.05) is 12.0 Å². The zero-order chi connectivity index (χ0) is 12.3. The molecule has 1 N–H and O–H groups in total. The van der Waals surface area contributed by atoms with Crippen molar-refractivity contribution in [3.63, 3.8) is 0 Å². The molecule has 0 fully saturated rings. The second-order valence-electron chi connectivity index (χ2n) is 3.76. The van der Waals surface area contributed by atoms with Crippen LogP contribution in [0.4, 0.5) is 0 Å². The molecule has 1 unspecified atom stereocenters. The Kier molecular flexibility index (Phi) is 4.19. The van der Waals surface area contributed by atoms with Crippen LogP contribution in [-0.4, -0.2) is 18.5 Å². The van der Waals surface area contributed by atoms with Crippen molar-refractivity contribution in [1.82, 2.24) is 0 Å². The number of aromatic hydroxyl groups is 1. The van der Waals surface area contributed by atoms with Crippen molar-refractivity contribution >= 4 is 17.9 Å². The van der Waals surface area contributed by atoms with Gasteiger partial charge in [0.05, 0.1) is 12.1 Å². The number of rotatable bonds is 4. The van der Waals surface area contributed by atoms with Crippen molar-refractivity contribution in [2.24, 2.45) is 0 Å². The standard InChI is InChI=1S/C12H15ClO3/c1-7(4-5-14)9-6-10(13)12(16-3)8(2)11(9)15/h5-7,15H,4H2,1-3H3. The van der Waals surface area contributed by atoms with Crippen LogP contribution in [0.3, 0.4) is 0 Å². The van der Waals surface area contributed by atoms with E-state index in [9.17, 15) is 9.90 Å². The first kappa shape index (κ1) is 12.8. The topological polar surface area (TPSA) is 46.5 Å². The first-order chi connectivity index (χ1) is 7.52. The maximum absolute atomic E-state index is 10.5. The highest BCUT2D eigenvalue weighted by atomic mass is 35.5. The van der Waals surface area contributed by atoms with Crippen molar-refractivity contribution < 1.29 is 14.6 Å². The summed E-state index contributed by atoms with van der Waals surface area (Å²) in [7, 11) is 1.50. The van der Waals surface area contributed by atoms with E-state index in [4.69, 9.17) is 16.3 Å². The van der Waals surface area contributed by atoms with Gasteiger partial charge < -0.3 is 14.6 Å². The highest BCUT2D eigenvalue weighted by Crippen LogP contribution is 2.40. The van der Waals surface area contributed by atoms with E-state index in [0.29, 0.717) is 28.3 Å². The molecule has 0 amide bonds. The van der Waals surface area contributed by atoms with E-state index in [2.05, 4.69) is 0 Å². The SMILES string of the molecule is COc1c(Cl)cc(C(C)CC=O)c(O)c1C. The Morgan fingerprint density at radius 2 is 2.25 bits per heavy atom. The Balaban J connectivity index is 3.27. The van der Waals surface area contributed by atoms with Gasteiger partial charge in [0.25, 0.3) is 0 Å². The molecule has 0 heterocycles. The summed E-state index contributed by atoms with van der Waals surface area (Å²) in [6, 6.07) is 1.65. The Bertz CT molecular complexity index is 402. The summed E-state index contributed by atoms with van der Waals surface area (Å²) in [4.78, 5) is 10.5. The van der Waals surface area contributed by atoms with Gasteiger partial charge in [-0.05, 0) is 24.5 Å². The third kappa shape index (κ3) is 2.30. The van der Waals surface area contributed by atoms with Crippen LogP contribution in [0.2, 0.25) is 5.02 Å². The summed E-state index contributed by atoms with van der Waals surface area (Å²) < 4.78 is 5.09. The molecular weight excluding hydrogens is 228 g/mol. The predicted octanol–water partition coefficient (Wildman–Crippen LogP) is 3.06. The molecule has 0 spiro atoms. The molecule has 0 aromatic heterocycles. The van der Waals surface area contributed by atoms with E-state index in [1.54, 1.807) is 13.0 Å². The Morgan fingerprint density at radius 3 is 2.75 bits per heavy atom. The van der Waals surface area contributed by atoms with Crippen LogP contribution in [0.1, 0.15) is 30.4 Å². The van der Waals surface area contributed by atoms with Gasteiger partial charge in [0.15, 0.2) is 0 Å². The average molecular weight is 243 g/mol. The number of phenols is 1. The first-order valence-electron chi connectivity index (χ1n) is 5.02. The van der Waals surface area contributed by atoms with Crippen LogP contribution in [0, 0.1) is 6.92 Å². The van der Waals surface area contributed by atoms with E-state index >= 15 is 0 Å². The summed E-state index contributed by atoms with van der Waals surface area (Å²) in [5, 5.41) is 10.4. The zero-order valence-corrected chi connectivity index (χ0v) is 10.3. The molecule has 16 heavy (non-hydrogen) atoms. The molecule has 1 aromatic rings. The van der Waals surface area contributed by atoms with Gasteiger partial charge in [0.2, 0.25) is 0 Å².